The lowest BCUT2D eigenvalue weighted by atomic mass is 9.62. The third kappa shape index (κ3) is 3.85. The molecule has 8 nitrogen and oxygen atoms in total. The molecule has 0 aliphatic carbocycles. The zero-order valence-electron chi connectivity index (χ0n) is 21.1. The minimum Gasteiger partial charge on any atom is -0.394 e. The lowest BCUT2D eigenvalue weighted by Gasteiger charge is -2.36. The van der Waals surface area contributed by atoms with Crippen molar-refractivity contribution in [3.05, 3.63) is 59.6 Å². The van der Waals surface area contributed by atoms with Gasteiger partial charge in [0.15, 0.2) is 0 Å². The van der Waals surface area contributed by atoms with Gasteiger partial charge >= 0.3 is 0 Å². The van der Waals surface area contributed by atoms with Gasteiger partial charge in [0.1, 0.15) is 11.6 Å². The molecule has 0 radical (unpaired) electrons. The van der Waals surface area contributed by atoms with E-state index in [9.17, 15) is 19.5 Å². The molecule has 3 amide bonds. The van der Waals surface area contributed by atoms with Gasteiger partial charge in [-0.2, -0.15) is 0 Å². The summed E-state index contributed by atoms with van der Waals surface area (Å²) in [5.74, 6) is -2.86. The van der Waals surface area contributed by atoms with E-state index in [1.807, 2.05) is 39.0 Å². The molecule has 196 valence electrons. The highest BCUT2D eigenvalue weighted by atomic mass is 35.5. The van der Waals surface area contributed by atoms with E-state index in [2.05, 4.69) is 10.6 Å². The zero-order valence-corrected chi connectivity index (χ0v) is 21.9. The number of nitrogens with zero attached hydrogens (tertiary/aromatic N) is 1. The van der Waals surface area contributed by atoms with Crippen molar-refractivity contribution >= 4 is 40.7 Å². The Morgan fingerprint density at radius 3 is 2.46 bits per heavy atom. The molecule has 3 aliphatic rings. The van der Waals surface area contributed by atoms with Gasteiger partial charge < -0.3 is 25.4 Å². The standard InChI is InChI=1S/C28H32ClN3O5/c1-4-18(15-33)32-23(25(35)31-20-13-9-8-12-19(20)29)28-14-16(2)27(3,37-28)21(22(28)26(32)36)24(34)30-17-10-6-5-7-11-17/h5-13,16,18,21-23,33H,4,14-15H2,1-3H3,(H,30,34)(H,31,35)/t16?,18-,21-,22-,23?,27+,28?/m0/s1. The van der Waals surface area contributed by atoms with Crippen LogP contribution in [0.15, 0.2) is 54.6 Å². The summed E-state index contributed by atoms with van der Waals surface area (Å²) in [4.78, 5) is 43.3. The van der Waals surface area contributed by atoms with Gasteiger partial charge in [0, 0.05) is 5.69 Å². The van der Waals surface area contributed by atoms with Crippen LogP contribution in [0.4, 0.5) is 11.4 Å². The van der Waals surface area contributed by atoms with Gasteiger partial charge in [-0.15, -0.1) is 0 Å². The summed E-state index contributed by atoms with van der Waals surface area (Å²) in [6.07, 6.45) is 0.878. The summed E-state index contributed by atoms with van der Waals surface area (Å²) in [7, 11) is 0. The molecule has 0 saturated carbocycles. The summed E-state index contributed by atoms with van der Waals surface area (Å²) in [5, 5.41) is 16.4. The van der Waals surface area contributed by atoms with Crippen LogP contribution in [-0.4, -0.2) is 57.6 Å². The lowest BCUT2D eigenvalue weighted by Crippen LogP contribution is -2.56. The number of carbonyl (C=O) groups excluding carboxylic acids is 3. The quantitative estimate of drug-likeness (QED) is 0.511. The van der Waals surface area contributed by atoms with Crippen molar-refractivity contribution in [2.45, 2.75) is 56.9 Å². The number of aliphatic hydroxyl groups is 1. The molecule has 3 N–H and O–H groups in total. The van der Waals surface area contributed by atoms with Crippen LogP contribution >= 0.6 is 11.6 Å². The molecule has 3 heterocycles. The summed E-state index contributed by atoms with van der Waals surface area (Å²) >= 11 is 6.31. The number of carbonyl (C=O) groups is 3. The van der Waals surface area contributed by atoms with Crippen LogP contribution < -0.4 is 10.6 Å². The molecule has 3 unspecified atom stereocenters. The highest BCUT2D eigenvalue weighted by Gasteiger charge is 2.80. The van der Waals surface area contributed by atoms with Crippen molar-refractivity contribution in [1.82, 2.24) is 4.90 Å². The number of nitrogens with one attached hydrogen (secondary N) is 2. The number of hydrogen-bond donors (Lipinski definition) is 3. The van der Waals surface area contributed by atoms with Crippen molar-refractivity contribution in [2.24, 2.45) is 17.8 Å². The number of benzene rings is 2. The molecular weight excluding hydrogens is 494 g/mol. The third-order valence-corrected chi connectivity index (χ3v) is 8.86. The van der Waals surface area contributed by atoms with Crippen LogP contribution in [0.5, 0.6) is 0 Å². The molecule has 3 fully saturated rings. The Balaban J connectivity index is 1.57. The molecule has 37 heavy (non-hydrogen) atoms. The van der Waals surface area contributed by atoms with E-state index in [-0.39, 0.29) is 24.3 Å². The lowest BCUT2D eigenvalue weighted by molar-refractivity contribution is -0.148. The Bertz CT molecular complexity index is 1220. The van der Waals surface area contributed by atoms with Crippen LogP contribution in [0.25, 0.3) is 0 Å². The van der Waals surface area contributed by atoms with Crippen LogP contribution in [0.3, 0.4) is 0 Å². The molecule has 9 heteroatoms. The first-order valence-corrected chi connectivity index (χ1v) is 13.1. The van der Waals surface area contributed by atoms with Crippen molar-refractivity contribution in [3.63, 3.8) is 0 Å². The number of likely N-dealkylation sites (tertiary alicyclic amines) is 1. The normalized spacial score (nSPS) is 32.8. The maximum absolute atomic E-state index is 14.1. The average Bonchev–Trinajstić information content (AvgIpc) is 3.39. The largest absolute Gasteiger partial charge is 0.394 e. The minimum absolute atomic E-state index is 0.0900. The Morgan fingerprint density at radius 2 is 1.81 bits per heavy atom. The van der Waals surface area contributed by atoms with Gasteiger partial charge in [0.2, 0.25) is 17.7 Å². The average molecular weight is 526 g/mol. The molecule has 3 saturated heterocycles. The van der Waals surface area contributed by atoms with Crippen molar-refractivity contribution in [1.29, 1.82) is 0 Å². The first-order chi connectivity index (χ1) is 17.7. The number of halogens is 1. The van der Waals surface area contributed by atoms with Crippen LogP contribution in [0, 0.1) is 17.8 Å². The topological polar surface area (TPSA) is 108 Å². The fraction of sp³-hybridized carbons (Fsp3) is 0.464. The maximum Gasteiger partial charge on any atom is 0.250 e. The number of anilines is 2. The summed E-state index contributed by atoms with van der Waals surface area (Å²) in [6, 6.07) is 14.3. The van der Waals surface area contributed by atoms with E-state index in [4.69, 9.17) is 16.3 Å². The third-order valence-electron chi connectivity index (χ3n) is 8.53. The van der Waals surface area contributed by atoms with E-state index >= 15 is 0 Å². The van der Waals surface area contributed by atoms with Crippen LogP contribution in [-0.2, 0) is 19.1 Å². The monoisotopic (exact) mass is 525 g/mol. The number of para-hydroxylation sites is 2. The van der Waals surface area contributed by atoms with Crippen molar-refractivity contribution in [3.8, 4) is 0 Å². The number of fused-ring (bicyclic) bond motifs is 1. The van der Waals surface area contributed by atoms with E-state index in [0.29, 0.717) is 29.2 Å². The fourth-order valence-corrected chi connectivity index (χ4v) is 6.87. The highest BCUT2D eigenvalue weighted by molar-refractivity contribution is 6.33. The molecule has 0 aromatic heterocycles. The maximum atomic E-state index is 14.1. The van der Waals surface area contributed by atoms with Crippen LogP contribution in [0.2, 0.25) is 5.02 Å². The second-order valence-corrected chi connectivity index (χ2v) is 10.9. The fourth-order valence-electron chi connectivity index (χ4n) is 6.69. The Morgan fingerprint density at radius 1 is 1.14 bits per heavy atom. The number of rotatable bonds is 7. The zero-order chi connectivity index (χ0) is 26.5. The van der Waals surface area contributed by atoms with Gasteiger partial charge in [0.05, 0.1) is 40.8 Å². The first kappa shape index (κ1) is 25.7. The molecular formula is C28H32ClN3O5. The minimum atomic E-state index is -1.21. The molecule has 2 aromatic rings. The predicted octanol–water partition coefficient (Wildman–Crippen LogP) is 3.70. The Labute approximate surface area is 221 Å². The number of ether oxygens (including phenoxy) is 1. The molecule has 5 rings (SSSR count). The van der Waals surface area contributed by atoms with E-state index in [1.165, 1.54) is 4.90 Å². The summed E-state index contributed by atoms with van der Waals surface area (Å²) < 4.78 is 6.70. The SMILES string of the molecule is CC[C@@H](CO)N1C(=O)[C@@H]2[C@@H](C(=O)Nc3ccccc3)[C@]3(C)OC2(CC3C)C1C(=O)Nc1ccccc1Cl. The molecule has 2 aromatic carbocycles. The predicted molar refractivity (Wildman–Crippen MR) is 140 cm³/mol. The van der Waals surface area contributed by atoms with E-state index in [1.54, 1.807) is 36.4 Å². The van der Waals surface area contributed by atoms with E-state index in [0.717, 1.165) is 0 Å². The number of aliphatic hydroxyl groups excluding tert-OH is 1. The van der Waals surface area contributed by atoms with Gasteiger partial charge in [0.25, 0.3) is 0 Å². The summed E-state index contributed by atoms with van der Waals surface area (Å²) in [5.41, 5.74) is -1.10. The Kier molecular flexibility index (Phi) is 6.54. The highest BCUT2D eigenvalue weighted by Crippen LogP contribution is 2.65. The molecule has 1 spiro atoms. The first-order valence-electron chi connectivity index (χ1n) is 12.7. The second-order valence-electron chi connectivity index (χ2n) is 10.5. The smallest absolute Gasteiger partial charge is 0.250 e. The van der Waals surface area contributed by atoms with Gasteiger partial charge in [-0.1, -0.05) is 55.8 Å². The van der Waals surface area contributed by atoms with Crippen molar-refractivity contribution < 1.29 is 24.2 Å². The van der Waals surface area contributed by atoms with E-state index < -0.39 is 41.0 Å². The molecule has 3 aliphatic heterocycles. The van der Waals surface area contributed by atoms with Gasteiger partial charge in [-0.05, 0) is 49.9 Å². The number of hydrogen-bond acceptors (Lipinski definition) is 5. The number of amides is 3. The van der Waals surface area contributed by atoms with Gasteiger partial charge in [-0.3, -0.25) is 14.4 Å². The second kappa shape index (κ2) is 9.42. The molecule has 2 bridgehead atoms. The van der Waals surface area contributed by atoms with Crippen molar-refractivity contribution in [2.75, 3.05) is 17.2 Å². The van der Waals surface area contributed by atoms with Crippen LogP contribution in [0.1, 0.15) is 33.6 Å². The van der Waals surface area contributed by atoms with Gasteiger partial charge in [-0.25, -0.2) is 0 Å². The summed E-state index contributed by atoms with van der Waals surface area (Å²) in [6.45, 7) is 5.40. The molecule has 7 atom stereocenters. The Hall–Kier alpha value is -2.94.